The van der Waals surface area contributed by atoms with E-state index in [0.717, 1.165) is 12.0 Å². The summed E-state index contributed by atoms with van der Waals surface area (Å²) < 4.78 is 41.7. The number of anilines is 1. The van der Waals surface area contributed by atoms with Gasteiger partial charge in [0.25, 0.3) is 12.3 Å². The Hall–Kier alpha value is -2.31. The monoisotopic (exact) mass is 353 g/mol. The third-order valence-electron chi connectivity index (χ3n) is 4.74. The van der Waals surface area contributed by atoms with E-state index >= 15 is 0 Å². The summed E-state index contributed by atoms with van der Waals surface area (Å²) in [5, 5.41) is 6.31. The maximum absolute atomic E-state index is 14.3. The fourth-order valence-electron chi connectivity index (χ4n) is 3.90. The van der Waals surface area contributed by atoms with Crippen LogP contribution in [0.1, 0.15) is 68.1 Å². The van der Waals surface area contributed by atoms with E-state index in [2.05, 4.69) is 10.4 Å². The number of nitrogens with zero attached hydrogens (tertiary/aromatic N) is 2. The van der Waals surface area contributed by atoms with Gasteiger partial charge in [-0.05, 0) is 41.0 Å². The van der Waals surface area contributed by atoms with Gasteiger partial charge in [-0.25, -0.2) is 13.2 Å². The van der Waals surface area contributed by atoms with Crippen LogP contribution >= 0.6 is 0 Å². The first-order valence-electron chi connectivity index (χ1n) is 8.07. The fourth-order valence-corrected chi connectivity index (χ4v) is 3.90. The molecule has 1 atom stereocenters. The molecule has 0 saturated carbocycles. The number of carbonyl (C=O) groups excluding carboxylic acids is 1. The van der Waals surface area contributed by atoms with Crippen LogP contribution in [0.2, 0.25) is 0 Å². The predicted molar refractivity (Wildman–Crippen MR) is 90.7 cm³/mol. The van der Waals surface area contributed by atoms with Crippen molar-refractivity contribution >= 4 is 11.6 Å². The van der Waals surface area contributed by atoms with Crippen LogP contribution in [0.25, 0.3) is 0 Å². The molecule has 4 nitrogen and oxygen atoms in total. The summed E-state index contributed by atoms with van der Waals surface area (Å²) in [6.45, 7) is 5.89. The lowest BCUT2D eigenvalue weighted by Crippen LogP contribution is -2.17. The molecule has 1 aromatic carbocycles. The zero-order valence-corrected chi connectivity index (χ0v) is 14.5. The molecule has 0 spiro atoms. The summed E-state index contributed by atoms with van der Waals surface area (Å²) in [5.41, 5.74) is 0.692. The smallest absolute Gasteiger partial charge is 0.282 e. The van der Waals surface area contributed by atoms with E-state index in [4.69, 9.17) is 0 Å². The first kappa shape index (κ1) is 17.5. The molecule has 1 unspecified atom stereocenters. The van der Waals surface area contributed by atoms with Gasteiger partial charge in [-0.1, -0.05) is 20.8 Å². The summed E-state index contributed by atoms with van der Waals surface area (Å²) in [4.78, 5) is 12.5. The lowest BCUT2D eigenvalue weighted by molar-refractivity contribution is 0.101. The normalized spacial score (nSPS) is 18.5. The minimum atomic E-state index is -2.85. The minimum Gasteiger partial charge on any atom is -0.322 e. The third kappa shape index (κ3) is 2.92. The second-order valence-electron chi connectivity index (χ2n) is 7.23. The first-order chi connectivity index (χ1) is 11.6. The highest BCUT2D eigenvalue weighted by Gasteiger charge is 2.39. The highest BCUT2D eigenvalue weighted by Crippen LogP contribution is 2.49. The van der Waals surface area contributed by atoms with E-state index < -0.39 is 18.0 Å². The zero-order valence-electron chi connectivity index (χ0n) is 14.5. The molecular formula is C18H22F3N3O. The lowest BCUT2D eigenvalue weighted by atomic mass is 9.85. The summed E-state index contributed by atoms with van der Waals surface area (Å²) in [7, 11) is 1.48. The number of aryl methyl sites for hydroxylation is 1. The van der Waals surface area contributed by atoms with Crippen LogP contribution in [0.3, 0.4) is 0 Å². The van der Waals surface area contributed by atoms with Crippen molar-refractivity contribution in [2.24, 2.45) is 7.05 Å². The van der Waals surface area contributed by atoms with E-state index in [1.807, 2.05) is 20.8 Å². The van der Waals surface area contributed by atoms with Gasteiger partial charge in [-0.2, -0.15) is 5.10 Å². The van der Waals surface area contributed by atoms with Crippen molar-refractivity contribution in [1.29, 1.82) is 0 Å². The van der Waals surface area contributed by atoms with Crippen LogP contribution in [0.15, 0.2) is 18.3 Å². The summed E-state index contributed by atoms with van der Waals surface area (Å²) in [6.07, 6.45) is -0.839. The van der Waals surface area contributed by atoms with Crippen molar-refractivity contribution in [3.8, 4) is 0 Å². The highest BCUT2D eigenvalue weighted by molar-refractivity contribution is 6.05. The molecule has 7 heteroatoms. The Balaban J connectivity index is 0.00000243. The Morgan fingerprint density at radius 1 is 1.44 bits per heavy atom. The second kappa shape index (κ2) is 5.89. The lowest BCUT2D eigenvalue weighted by Gasteiger charge is -2.20. The number of nitrogens with one attached hydrogen (secondary N) is 1. The maximum atomic E-state index is 14.3. The molecule has 3 rings (SSSR count). The van der Waals surface area contributed by atoms with Crippen molar-refractivity contribution in [2.75, 3.05) is 5.32 Å². The van der Waals surface area contributed by atoms with Crippen LogP contribution in [0.4, 0.5) is 18.9 Å². The molecule has 1 amide bonds. The molecule has 2 aromatic rings. The first-order valence-corrected chi connectivity index (χ1v) is 8.07. The van der Waals surface area contributed by atoms with Crippen molar-refractivity contribution < 1.29 is 19.4 Å². The summed E-state index contributed by atoms with van der Waals surface area (Å²) in [5.74, 6) is -0.925. The van der Waals surface area contributed by atoms with Crippen LogP contribution in [0.5, 0.6) is 0 Å². The van der Waals surface area contributed by atoms with E-state index in [-0.39, 0.29) is 24.1 Å². The molecule has 0 saturated heterocycles. The highest BCUT2D eigenvalue weighted by atomic mass is 19.3. The summed E-state index contributed by atoms with van der Waals surface area (Å²) >= 11 is 0. The van der Waals surface area contributed by atoms with Crippen LogP contribution < -0.4 is 5.32 Å². The van der Waals surface area contributed by atoms with Gasteiger partial charge >= 0.3 is 0 Å². The predicted octanol–water partition coefficient (Wildman–Crippen LogP) is 4.78. The molecular weight excluding hydrogens is 331 g/mol. The van der Waals surface area contributed by atoms with Crippen LogP contribution in [0, 0.1) is 5.82 Å². The Morgan fingerprint density at radius 3 is 2.76 bits per heavy atom. The number of carbonyl (C=O) groups is 1. The summed E-state index contributed by atoms with van der Waals surface area (Å²) in [6, 6.07) is 2.80. The van der Waals surface area contributed by atoms with Gasteiger partial charge in [0.2, 0.25) is 0 Å². The number of halogens is 3. The molecule has 0 bridgehead atoms. The SMILES string of the molecule is CC1CC(C)(C)c2c(F)ccc(NC(=O)c3cn(C)nc3C(F)F)c21.[HH]. The fraction of sp³-hybridized carbons (Fsp3) is 0.444. The Kier molecular flexibility index (Phi) is 4.13. The van der Waals surface area contributed by atoms with Crippen molar-refractivity contribution in [3.05, 3.63) is 46.5 Å². The molecule has 0 fully saturated rings. The second-order valence-corrected chi connectivity index (χ2v) is 7.23. The maximum Gasteiger partial charge on any atom is 0.282 e. The number of hydrogen-bond acceptors (Lipinski definition) is 2. The number of aromatic nitrogens is 2. The van der Waals surface area contributed by atoms with Gasteiger partial charge in [-0.15, -0.1) is 0 Å². The van der Waals surface area contributed by atoms with Crippen LogP contribution in [-0.2, 0) is 12.5 Å². The topological polar surface area (TPSA) is 46.9 Å². The van der Waals surface area contributed by atoms with Gasteiger partial charge in [0, 0.05) is 20.4 Å². The minimum absolute atomic E-state index is 0. The van der Waals surface area contributed by atoms with Crippen molar-refractivity contribution in [1.82, 2.24) is 9.78 Å². The van der Waals surface area contributed by atoms with Gasteiger partial charge in [0.15, 0.2) is 0 Å². The molecule has 1 aliphatic carbocycles. The number of hydrogen-bond donors (Lipinski definition) is 1. The van der Waals surface area contributed by atoms with Gasteiger partial charge < -0.3 is 5.32 Å². The number of alkyl halides is 2. The van der Waals surface area contributed by atoms with Gasteiger partial charge in [0.1, 0.15) is 11.5 Å². The molecule has 136 valence electrons. The molecule has 0 radical (unpaired) electrons. The van der Waals surface area contributed by atoms with E-state index in [0.29, 0.717) is 11.3 Å². The number of benzene rings is 1. The molecule has 25 heavy (non-hydrogen) atoms. The van der Waals surface area contributed by atoms with Gasteiger partial charge in [0.05, 0.1) is 5.56 Å². The van der Waals surface area contributed by atoms with Crippen molar-refractivity contribution in [2.45, 2.75) is 45.0 Å². The average molecular weight is 353 g/mol. The van der Waals surface area contributed by atoms with E-state index in [1.165, 1.54) is 30.1 Å². The molecule has 1 aliphatic rings. The molecule has 0 aliphatic heterocycles. The van der Waals surface area contributed by atoms with E-state index in [9.17, 15) is 18.0 Å². The average Bonchev–Trinajstić information content (AvgIpc) is 3.00. The van der Waals surface area contributed by atoms with Crippen LogP contribution in [-0.4, -0.2) is 15.7 Å². The van der Waals surface area contributed by atoms with Crippen molar-refractivity contribution in [3.63, 3.8) is 0 Å². The Labute approximate surface area is 145 Å². The largest absolute Gasteiger partial charge is 0.322 e. The Morgan fingerprint density at radius 2 is 2.12 bits per heavy atom. The number of rotatable bonds is 3. The molecule has 1 heterocycles. The quantitative estimate of drug-likeness (QED) is 0.863. The number of fused-ring (bicyclic) bond motifs is 1. The Bertz CT molecular complexity index is 848. The zero-order chi connectivity index (χ0) is 18.5. The standard InChI is InChI=1S/C18H20F3N3O.H2/c1-9-7-18(2,3)14-11(19)5-6-12(13(9)14)22-17(25)10-8-24(4)23-15(10)16(20)21;/h5-6,8-9,16H,7H2,1-4H3,(H,22,25);1H. The third-order valence-corrected chi connectivity index (χ3v) is 4.74. The molecule has 1 aromatic heterocycles. The van der Waals surface area contributed by atoms with E-state index in [1.54, 1.807) is 0 Å². The molecule has 1 N–H and O–H groups in total. The number of amides is 1. The van der Waals surface area contributed by atoms with Gasteiger partial charge in [-0.3, -0.25) is 9.48 Å².